The molecule has 0 fully saturated rings. The average molecular weight is 491 g/mol. The number of halogens is 1. The zero-order valence-corrected chi connectivity index (χ0v) is 19.3. The lowest BCUT2D eigenvalue weighted by molar-refractivity contribution is -0.113. The van der Waals surface area contributed by atoms with Gasteiger partial charge >= 0.3 is 5.97 Å². The van der Waals surface area contributed by atoms with Gasteiger partial charge in [0, 0.05) is 21.8 Å². The van der Waals surface area contributed by atoms with Gasteiger partial charge in [0.1, 0.15) is 0 Å². The first-order valence-electron chi connectivity index (χ1n) is 10.2. The molecule has 0 saturated carbocycles. The Kier molecular flexibility index (Phi) is 7.15. The second-order valence-electron chi connectivity index (χ2n) is 7.38. The van der Waals surface area contributed by atoms with Crippen LogP contribution in [0.4, 0.5) is 11.4 Å². The normalized spacial score (nSPS) is 10.6. The minimum atomic E-state index is -1.17. The monoisotopic (exact) mass is 490 g/mol. The van der Waals surface area contributed by atoms with E-state index < -0.39 is 5.97 Å². The maximum absolute atomic E-state index is 12.7. The molecule has 4 aromatic rings. The van der Waals surface area contributed by atoms with Gasteiger partial charge in [-0.3, -0.25) is 9.59 Å². The van der Waals surface area contributed by atoms with Crippen LogP contribution in [0.1, 0.15) is 20.7 Å². The van der Waals surface area contributed by atoms with Crippen LogP contribution in [0.25, 0.3) is 10.8 Å². The highest BCUT2D eigenvalue weighted by Gasteiger charge is 2.12. The van der Waals surface area contributed by atoms with E-state index in [2.05, 4.69) is 10.6 Å². The standard InChI is InChI=1S/C26H19ClN2O4S/c27-23-11-10-20(14-22(23)26(32)33)28-24(30)15-34-21-7-3-6-19(13-21)29-25(31)18-9-8-16-4-1-2-5-17(16)12-18/h1-14H,15H2,(H,28,30)(H,29,31)(H,32,33). The zero-order chi connectivity index (χ0) is 24.1. The van der Waals surface area contributed by atoms with E-state index in [9.17, 15) is 14.4 Å². The smallest absolute Gasteiger partial charge is 0.337 e. The maximum atomic E-state index is 12.7. The largest absolute Gasteiger partial charge is 0.478 e. The molecule has 4 rings (SSSR count). The van der Waals surface area contributed by atoms with Crippen LogP contribution in [0.5, 0.6) is 0 Å². The van der Waals surface area contributed by atoms with Crippen LogP contribution in [0.2, 0.25) is 5.02 Å². The Bertz CT molecular complexity index is 1410. The van der Waals surface area contributed by atoms with Crippen molar-refractivity contribution in [2.75, 3.05) is 16.4 Å². The molecule has 0 aliphatic heterocycles. The summed E-state index contributed by atoms with van der Waals surface area (Å²) in [6, 6.07) is 24.9. The van der Waals surface area contributed by atoms with Crippen LogP contribution in [-0.4, -0.2) is 28.6 Å². The molecule has 2 amide bonds. The summed E-state index contributed by atoms with van der Waals surface area (Å²) in [5.74, 6) is -1.58. The fraction of sp³-hybridized carbons (Fsp3) is 0.0385. The number of amides is 2. The van der Waals surface area contributed by atoms with Gasteiger partial charge in [-0.05, 0) is 59.3 Å². The van der Waals surface area contributed by atoms with E-state index >= 15 is 0 Å². The molecule has 0 unspecified atom stereocenters. The SMILES string of the molecule is O=C(CSc1cccc(NC(=O)c2ccc3ccccc3c2)c1)Nc1ccc(Cl)c(C(=O)O)c1. The molecule has 3 N–H and O–H groups in total. The summed E-state index contributed by atoms with van der Waals surface area (Å²) in [5, 5.41) is 16.9. The van der Waals surface area contributed by atoms with Crippen molar-refractivity contribution in [3.8, 4) is 0 Å². The Morgan fingerprint density at radius 1 is 0.794 bits per heavy atom. The second kappa shape index (κ2) is 10.4. The summed E-state index contributed by atoms with van der Waals surface area (Å²) in [4.78, 5) is 37.0. The van der Waals surface area contributed by atoms with Crippen molar-refractivity contribution in [1.82, 2.24) is 0 Å². The van der Waals surface area contributed by atoms with Gasteiger partial charge in [-0.2, -0.15) is 0 Å². The molecule has 0 bridgehead atoms. The molecule has 0 radical (unpaired) electrons. The van der Waals surface area contributed by atoms with Crippen LogP contribution < -0.4 is 10.6 Å². The van der Waals surface area contributed by atoms with Gasteiger partial charge in [0.2, 0.25) is 5.91 Å². The minimum Gasteiger partial charge on any atom is -0.478 e. The Morgan fingerprint density at radius 2 is 1.56 bits per heavy atom. The molecule has 8 heteroatoms. The lowest BCUT2D eigenvalue weighted by Gasteiger charge is -2.09. The van der Waals surface area contributed by atoms with Crippen molar-refractivity contribution in [3.63, 3.8) is 0 Å². The molecule has 6 nitrogen and oxygen atoms in total. The van der Waals surface area contributed by atoms with Crippen molar-refractivity contribution in [1.29, 1.82) is 0 Å². The van der Waals surface area contributed by atoms with Crippen LogP contribution in [-0.2, 0) is 4.79 Å². The molecule has 4 aromatic carbocycles. The molecule has 0 saturated heterocycles. The van der Waals surface area contributed by atoms with E-state index in [1.807, 2.05) is 42.5 Å². The molecule has 0 atom stereocenters. The molecule has 0 heterocycles. The maximum Gasteiger partial charge on any atom is 0.337 e. The highest BCUT2D eigenvalue weighted by atomic mass is 35.5. The Morgan fingerprint density at radius 3 is 2.35 bits per heavy atom. The lowest BCUT2D eigenvalue weighted by Crippen LogP contribution is -2.14. The Balaban J connectivity index is 1.36. The average Bonchev–Trinajstić information content (AvgIpc) is 2.83. The Hall–Kier alpha value is -3.81. The number of carboxylic acids is 1. The number of aromatic carboxylic acids is 1. The van der Waals surface area contributed by atoms with Gasteiger partial charge in [0.05, 0.1) is 16.3 Å². The van der Waals surface area contributed by atoms with Gasteiger partial charge in [-0.15, -0.1) is 11.8 Å². The van der Waals surface area contributed by atoms with Crippen molar-refractivity contribution in [2.24, 2.45) is 0 Å². The summed E-state index contributed by atoms with van der Waals surface area (Å²) >= 11 is 7.15. The third kappa shape index (κ3) is 5.75. The number of hydrogen-bond acceptors (Lipinski definition) is 4. The number of carbonyl (C=O) groups is 3. The van der Waals surface area contributed by atoms with Crippen LogP contribution in [0, 0.1) is 0 Å². The molecule has 0 aliphatic carbocycles. The molecule has 0 spiro atoms. The van der Waals surface area contributed by atoms with Gasteiger partial charge < -0.3 is 15.7 Å². The predicted molar refractivity (Wildman–Crippen MR) is 136 cm³/mol. The van der Waals surface area contributed by atoms with E-state index in [4.69, 9.17) is 16.7 Å². The third-order valence-electron chi connectivity index (χ3n) is 4.95. The first kappa shape index (κ1) is 23.4. The number of hydrogen-bond donors (Lipinski definition) is 3. The van der Waals surface area contributed by atoms with E-state index in [0.29, 0.717) is 16.9 Å². The number of benzene rings is 4. The molecular weight excluding hydrogens is 472 g/mol. The van der Waals surface area contributed by atoms with Gasteiger partial charge in [0.25, 0.3) is 5.91 Å². The summed E-state index contributed by atoms with van der Waals surface area (Å²) in [7, 11) is 0. The molecule has 0 aliphatic rings. The van der Waals surface area contributed by atoms with Crippen LogP contribution in [0.15, 0.2) is 89.8 Å². The Labute approximate surface area is 204 Å². The predicted octanol–water partition coefficient (Wildman–Crippen LogP) is 6.17. The fourth-order valence-electron chi connectivity index (χ4n) is 3.31. The van der Waals surface area contributed by atoms with Gasteiger partial charge in [-0.1, -0.05) is 48.0 Å². The second-order valence-corrected chi connectivity index (χ2v) is 8.84. The van der Waals surface area contributed by atoms with Crippen LogP contribution in [0.3, 0.4) is 0 Å². The molecular formula is C26H19ClN2O4S. The topological polar surface area (TPSA) is 95.5 Å². The minimum absolute atomic E-state index is 0.0815. The molecule has 170 valence electrons. The summed E-state index contributed by atoms with van der Waals surface area (Å²) < 4.78 is 0. The van der Waals surface area contributed by atoms with E-state index in [-0.39, 0.29) is 28.2 Å². The number of thioether (sulfide) groups is 1. The number of rotatable bonds is 7. The summed E-state index contributed by atoms with van der Waals surface area (Å²) in [5.41, 5.74) is 1.44. The fourth-order valence-corrected chi connectivity index (χ4v) is 4.26. The van der Waals surface area contributed by atoms with Gasteiger partial charge in [0.15, 0.2) is 0 Å². The van der Waals surface area contributed by atoms with Crippen molar-refractivity contribution < 1.29 is 19.5 Å². The first-order chi connectivity index (χ1) is 16.4. The van der Waals surface area contributed by atoms with E-state index in [1.54, 1.807) is 30.3 Å². The lowest BCUT2D eigenvalue weighted by atomic mass is 10.1. The molecule has 34 heavy (non-hydrogen) atoms. The summed E-state index contributed by atoms with van der Waals surface area (Å²) in [6.07, 6.45) is 0. The zero-order valence-electron chi connectivity index (χ0n) is 17.7. The first-order valence-corrected chi connectivity index (χ1v) is 11.6. The number of nitrogens with one attached hydrogen (secondary N) is 2. The van der Waals surface area contributed by atoms with Crippen LogP contribution >= 0.6 is 23.4 Å². The number of carbonyl (C=O) groups excluding carboxylic acids is 2. The van der Waals surface area contributed by atoms with E-state index in [0.717, 1.165) is 15.7 Å². The highest BCUT2D eigenvalue weighted by molar-refractivity contribution is 8.00. The van der Waals surface area contributed by atoms with Crippen molar-refractivity contribution in [3.05, 3.63) is 101 Å². The van der Waals surface area contributed by atoms with E-state index in [1.165, 1.54) is 23.9 Å². The quantitative estimate of drug-likeness (QED) is 0.269. The number of carboxylic acid groups (broad SMARTS) is 1. The van der Waals surface area contributed by atoms with Crippen molar-refractivity contribution in [2.45, 2.75) is 4.90 Å². The molecule has 0 aromatic heterocycles. The number of anilines is 2. The number of fused-ring (bicyclic) bond motifs is 1. The highest BCUT2D eigenvalue weighted by Crippen LogP contribution is 2.24. The third-order valence-corrected chi connectivity index (χ3v) is 6.28. The van der Waals surface area contributed by atoms with Gasteiger partial charge in [-0.25, -0.2) is 4.79 Å². The summed E-state index contributed by atoms with van der Waals surface area (Å²) in [6.45, 7) is 0. The van der Waals surface area contributed by atoms with Crippen molar-refractivity contribution >= 4 is 63.3 Å².